The lowest BCUT2D eigenvalue weighted by atomic mass is 9.91. The predicted octanol–water partition coefficient (Wildman–Crippen LogP) is 0.502. The summed E-state index contributed by atoms with van der Waals surface area (Å²) in [6.07, 6.45) is 3.71. The molecule has 0 aromatic carbocycles. The average Bonchev–Trinajstić information content (AvgIpc) is 2.89. The molecule has 0 saturated carbocycles. The zero-order chi connectivity index (χ0) is 12.5. The number of nitrogens with one attached hydrogen (secondary N) is 1. The fourth-order valence-corrected chi connectivity index (χ4v) is 2.49. The van der Waals surface area contributed by atoms with Crippen LogP contribution < -0.4 is 16.0 Å². The number of ether oxygens (including phenoxy) is 2. The first kappa shape index (κ1) is 12.3. The third-order valence-electron chi connectivity index (χ3n) is 3.47. The van der Waals surface area contributed by atoms with Gasteiger partial charge in [-0.2, -0.15) is 5.10 Å². The van der Waals surface area contributed by atoms with Gasteiger partial charge < -0.3 is 9.47 Å². The van der Waals surface area contributed by atoms with Gasteiger partial charge in [-0.25, -0.2) is 5.43 Å². The monoisotopic (exact) mass is 240 g/mol. The molecule has 2 rings (SSSR count). The maximum absolute atomic E-state index is 5.83. The van der Waals surface area contributed by atoms with Gasteiger partial charge in [0.25, 0.3) is 0 Å². The van der Waals surface area contributed by atoms with Crippen molar-refractivity contribution in [2.24, 2.45) is 12.9 Å². The molecule has 1 aromatic heterocycles. The van der Waals surface area contributed by atoms with Crippen LogP contribution in [0.2, 0.25) is 0 Å². The quantitative estimate of drug-likeness (QED) is 0.592. The Morgan fingerprint density at radius 2 is 2.47 bits per heavy atom. The molecule has 6 heteroatoms. The van der Waals surface area contributed by atoms with Crippen molar-refractivity contribution in [2.75, 3.05) is 13.7 Å². The maximum Gasteiger partial charge on any atom is 0.161 e. The first-order chi connectivity index (χ1) is 8.12. The van der Waals surface area contributed by atoms with Crippen molar-refractivity contribution < 1.29 is 9.47 Å². The number of hydrogen-bond donors (Lipinski definition) is 2. The van der Waals surface area contributed by atoms with Crippen LogP contribution in [-0.4, -0.2) is 29.1 Å². The number of nitrogens with zero attached hydrogens (tertiary/aromatic N) is 2. The van der Waals surface area contributed by atoms with Crippen molar-refractivity contribution >= 4 is 0 Å². The van der Waals surface area contributed by atoms with Crippen LogP contribution in [0, 0.1) is 0 Å². The molecule has 1 aliphatic heterocycles. The van der Waals surface area contributed by atoms with Crippen molar-refractivity contribution in [3.05, 3.63) is 11.9 Å². The Morgan fingerprint density at radius 1 is 1.71 bits per heavy atom. The van der Waals surface area contributed by atoms with E-state index in [9.17, 15) is 0 Å². The van der Waals surface area contributed by atoms with E-state index in [0.717, 1.165) is 30.9 Å². The molecule has 0 bridgehead atoms. The molecule has 6 nitrogen and oxygen atoms in total. The molecule has 96 valence electrons. The number of nitrogens with two attached hydrogens (primary N) is 1. The zero-order valence-electron chi connectivity index (χ0n) is 10.6. The minimum absolute atomic E-state index is 0.132. The first-order valence-electron chi connectivity index (χ1n) is 5.78. The highest BCUT2D eigenvalue weighted by Crippen LogP contribution is 2.39. The van der Waals surface area contributed by atoms with Gasteiger partial charge in [-0.1, -0.05) is 0 Å². The van der Waals surface area contributed by atoms with Gasteiger partial charge in [-0.3, -0.25) is 10.5 Å². The number of hydrogen-bond acceptors (Lipinski definition) is 5. The van der Waals surface area contributed by atoms with Crippen LogP contribution in [0.15, 0.2) is 6.20 Å². The highest BCUT2D eigenvalue weighted by molar-refractivity contribution is 5.30. The molecule has 2 unspecified atom stereocenters. The Hall–Kier alpha value is -1.11. The van der Waals surface area contributed by atoms with E-state index in [1.807, 2.05) is 7.05 Å². The molecule has 0 spiro atoms. The van der Waals surface area contributed by atoms with Crippen LogP contribution in [0.4, 0.5) is 0 Å². The molecule has 2 atom stereocenters. The lowest BCUT2D eigenvalue weighted by Crippen LogP contribution is -2.45. The Morgan fingerprint density at radius 3 is 3.00 bits per heavy atom. The lowest BCUT2D eigenvalue weighted by Gasteiger charge is -2.33. The van der Waals surface area contributed by atoms with Gasteiger partial charge in [-0.05, 0) is 19.8 Å². The molecule has 17 heavy (non-hydrogen) atoms. The summed E-state index contributed by atoms with van der Waals surface area (Å²) in [5.74, 6) is 6.42. The largest absolute Gasteiger partial charge is 0.493 e. The third-order valence-corrected chi connectivity index (χ3v) is 3.47. The second kappa shape index (κ2) is 4.64. The predicted molar refractivity (Wildman–Crippen MR) is 63.4 cm³/mol. The molecule has 1 saturated heterocycles. The van der Waals surface area contributed by atoms with E-state index >= 15 is 0 Å². The van der Waals surface area contributed by atoms with Gasteiger partial charge in [0.1, 0.15) is 5.69 Å². The van der Waals surface area contributed by atoms with E-state index in [-0.39, 0.29) is 11.6 Å². The number of aryl methyl sites for hydroxylation is 1. The summed E-state index contributed by atoms with van der Waals surface area (Å²) in [4.78, 5) is 0. The smallest absolute Gasteiger partial charge is 0.161 e. The van der Waals surface area contributed by atoms with Gasteiger partial charge in [-0.15, -0.1) is 0 Å². The van der Waals surface area contributed by atoms with Gasteiger partial charge in [0.15, 0.2) is 5.75 Å². The summed E-state index contributed by atoms with van der Waals surface area (Å²) < 4.78 is 12.9. The topological polar surface area (TPSA) is 74.3 Å². The highest BCUT2D eigenvalue weighted by Gasteiger charge is 2.41. The van der Waals surface area contributed by atoms with Crippen LogP contribution in [0.1, 0.15) is 31.5 Å². The Bertz CT molecular complexity index is 385. The number of hydrazine groups is 1. The molecule has 3 N–H and O–H groups in total. The first-order valence-corrected chi connectivity index (χ1v) is 5.78. The number of rotatable bonds is 4. The fraction of sp³-hybridized carbons (Fsp3) is 0.727. The third kappa shape index (κ3) is 2.03. The van der Waals surface area contributed by atoms with Gasteiger partial charge in [0.2, 0.25) is 0 Å². The second-order valence-electron chi connectivity index (χ2n) is 4.59. The minimum atomic E-state index is -0.310. The van der Waals surface area contributed by atoms with Crippen molar-refractivity contribution in [3.8, 4) is 5.75 Å². The van der Waals surface area contributed by atoms with E-state index in [2.05, 4.69) is 17.4 Å². The molecule has 2 heterocycles. The average molecular weight is 240 g/mol. The maximum atomic E-state index is 5.83. The summed E-state index contributed by atoms with van der Waals surface area (Å²) >= 11 is 0. The molecule has 1 aromatic rings. The number of aromatic nitrogens is 2. The van der Waals surface area contributed by atoms with Crippen molar-refractivity contribution in [3.63, 3.8) is 0 Å². The minimum Gasteiger partial charge on any atom is -0.493 e. The van der Waals surface area contributed by atoms with Gasteiger partial charge in [0.05, 0.1) is 24.9 Å². The molecular weight excluding hydrogens is 220 g/mol. The van der Waals surface area contributed by atoms with Crippen LogP contribution in [0.25, 0.3) is 0 Å². The standard InChI is InChI=1S/C11H20N4O2/c1-11(5-4-6-17-11)10(14-12)9-8(16-3)7-13-15(9)2/h7,10,14H,4-6,12H2,1-3H3. The number of methoxy groups -OCH3 is 1. The van der Waals surface area contributed by atoms with E-state index < -0.39 is 0 Å². The van der Waals surface area contributed by atoms with Crippen LogP contribution in [0.5, 0.6) is 5.75 Å². The molecule has 1 fully saturated rings. The van der Waals surface area contributed by atoms with Crippen LogP contribution >= 0.6 is 0 Å². The molecular formula is C11H20N4O2. The van der Waals surface area contributed by atoms with Crippen LogP contribution in [0.3, 0.4) is 0 Å². The highest BCUT2D eigenvalue weighted by atomic mass is 16.5. The van der Waals surface area contributed by atoms with Crippen molar-refractivity contribution in [1.82, 2.24) is 15.2 Å². The normalized spacial score (nSPS) is 26.1. The van der Waals surface area contributed by atoms with E-state index in [1.54, 1.807) is 18.0 Å². The van der Waals surface area contributed by atoms with Crippen molar-refractivity contribution in [2.45, 2.75) is 31.4 Å². The molecule has 1 aliphatic rings. The fourth-order valence-electron chi connectivity index (χ4n) is 2.49. The SMILES string of the molecule is COc1cnn(C)c1C(NN)C1(C)CCCO1. The summed E-state index contributed by atoms with van der Waals surface area (Å²) in [6.45, 7) is 2.84. The van der Waals surface area contributed by atoms with Gasteiger partial charge in [0, 0.05) is 13.7 Å². The summed E-state index contributed by atoms with van der Waals surface area (Å²) in [5, 5.41) is 4.20. The van der Waals surface area contributed by atoms with Crippen molar-refractivity contribution in [1.29, 1.82) is 0 Å². The second-order valence-corrected chi connectivity index (χ2v) is 4.59. The molecule has 0 radical (unpaired) electrons. The summed E-state index contributed by atoms with van der Waals surface area (Å²) in [7, 11) is 3.51. The van der Waals surface area contributed by atoms with E-state index in [0.29, 0.717) is 0 Å². The van der Waals surface area contributed by atoms with Gasteiger partial charge >= 0.3 is 0 Å². The molecule has 0 amide bonds. The van der Waals surface area contributed by atoms with E-state index in [1.165, 1.54) is 0 Å². The zero-order valence-corrected chi connectivity index (χ0v) is 10.6. The Labute approximate surface area is 101 Å². The summed E-state index contributed by atoms with van der Waals surface area (Å²) in [6, 6.07) is -0.132. The Kier molecular flexibility index (Phi) is 3.37. The van der Waals surface area contributed by atoms with E-state index in [4.69, 9.17) is 15.3 Å². The molecule has 0 aliphatic carbocycles. The Balaban J connectivity index is 2.37. The summed E-state index contributed by atoms with van der Waals surface area (Å²) in [5.41, 5.74) is 3.44. The van der Waals surface area contributed by atoms with Crippen LogP contribution in [-0.2, 0) is 11.8 Å². The lowest BCUT2D eigenvalue weighted by molar-refractivity contribution is -0.0152.